The Morgan fingerprint density at radius 3 is 2.79 bits per heavy atom. The van der Waals surface area contributed by atoms with Gasteiger partial charge in [-0.1, -0.05) is 42.5 Å². The minimum atomic E-state index is -0.343. The average molecular weight is 386 g/mol. The summed E-state index contributed by atoms with van der Waals surface area (Å²) in [5.74, 6) is 0.533. The third-order valence-electron chi connectivity index (χ3n) is 4.41. The highest BCUT2D eigenvalue weighted by atomic mass is 16.5. The van der Waals surface area contributed by atoms with Gasteiger partial charge in [-0.05, 0) is 36.3 Å². The number of rotatable bonds is 13. The number of allylic oxidation sites excluding steroid dienone is 1. The van der Waals surface area contributed by atoms with Gasteiger partial charge in [0, 0.05) is 32.0 Å². The van der Waals surface area contributed by atoms with Crippen molar-refractivity contribution < 1.29 is 19.5 Å². The summed E-state index contributed by atoms with van der Waals surface area (Å²) in [6, 6.07) is 14.3. The van der Waals surface area contributed by atoms with E-state index < -0.39 is 0 Å². The highest BCUT2D eigenvalue weighted by molar-refractivity contribution is 5.88. The van der Waals surface area contributed by atoms with Gasteiger partial charge in [-0.25, -0.2) is 5.48 Å². The van der Waals surface area contributed by atoms with Crippen molar-refractivity contribution in [3.05, 3.63) is 54.1 Å². The van der Waals surface area contributed by atoms with Crippen LogP contribution < -0.4 is 15.5 Å². The summed E-state index contributed by atoms with van der Waals surface area (Å²) in [6.07, 6.45) is 4.97. The molecule has 152 valence electrons. The monoisotopic (exact) mass is 386 g/mol. The van der Waals surface area contributed by atoms with Crippen molar-refractivity contribution >= 4 is 16.7 Å². The molecule has 6 heteroatoms. The molecule has 0 atom stereocenters. The van der Waals surface area contributed by atoms with Gasteiger partial charge in [0.05, 0.1) is 6.61 Å². The predicted molar refractivity (Wildman–Crippen MR) is 111 cm³/mol. The van der Waals surface area contributed by atoms with Crippen LogP contribution in [-0.4, -0.2) is 44.5 Å². The molecule has 0 radical (unpaired) electrons. The van der Waals surface area contributed by atoms with Gasteiger partial charge in [0.1, 0.15) is 12.4 Å². The minimum Gasteiger partial charge on any atom is -0.489 e. The van der Waals surface area contributed by atoms with Crippen LogP contribution in [0, 0.1) is 0 Å². The first kappa shape index (κ1) is 21.9. The van der Waals surface area contributed by atoms with E-state index in [0.29, 0.717) is 19.6 Å². The second kappa shape index (κ2) is 12.9. The molecule has 2 aromatic carbocycles. The van der Waals surface area contributed by atoms with Gasteiger partial charge in [0.25, 0.3) is 0 Å². The van der Waals surface area contributed by atoms with Gasteiger partial charge in [-0.2, -0.15) is 0 Å². The number of hydrogen-bond donors (Lipinski definition) is 3. The molecule has 0 aliphatic carbocycles. The first-order valence-corrected chi connectivity index (χ1v) is 9.65. The number of hydroxylamine groups is 1. The van der Waals surface area contributed by atoms with Crippen LogP contribution in [0.5, 0.6) is 5.75 Å². The zero-order chi connectivity index (χ0) is 20.0. The van der Waals surface area contributed by atoms with Crippen LogP contribution in [0.25, 0.3) is 10.8 Å². The molecule has 0 unspecified atom stereocenters. The molecular weight excluding hydrogens is 356 g/mol. The Labute approximate surface area is 166 Å². The maximum absolute atomic E-state index is 11.1. The van der Waals surface area contributed by atoms with Crippen LogP contribution >= 0.6 is 0 Å². The van der Waals surface area contributed by atoms with Crippen molar-refractivity contribution in [3.63, 3.8) is 0 Å². The summed E-state index contributed by atoms with van der Waals surface area (Å²) in [5, 5.41) is 14.1. The van der Waals surface area contributed by atoms with E-state index in [-0.39, 0.29) is 5.91 Å². The van der Waals surface area contributed by atoms with Crippen molar-refractivity contribution in [1.82, 2.24) is 10.8 Å². The molecule has 1 amide bonds. The fraction of sp³-hybridized carbons (Fsp3) is 0.409. The van der Waals surface area contributed by atoms with Crippen LogP contribution in [0.4, 0.5) is 0 Å². The third kappa shape index (κ3) is 7.68. The van der Waals surface area contributed by atoms with E-state index in [2.05, 4.69) is 29.6 Å². The molecule has 28 heavy (non-hydrogen) atoms. The fourth-order valence-electron chi connectivity index (χ4n) is 2.89. The molecule has 0 aliphatic rings. The Balaban J connectivity index is 1.92. The lowest BCUT2D eigenvalue weighted by Gasteiger charge is -2.13. The number of hydrogen-bond acceptors (Lipinski definition) is 5. The summed E-state index contributed by atoms with van der Waals surface area (Å²) < 4.78 is 11.2. The Morgan fingerprint density at radius 1 is 1.14 bits per heavy atom. The van der Waals surface area contributed by atoms with Gasteiger partial charge in [-0.15, -0.1) is 0 Å². The smallest absolute Gasteiger partial charge is 0.243 e. The summed E-state index contributed by atoms with van der Waals surface area (Å²) in [5.41, 5.74) is 2.82. The molecule has 2 aromatic rings. The van der Waals surface area contributed by atoms with Crippen molar-refractivity contribution in [2.24, 2.45) is 0 Å². The number of ether oxygens (including phenoxy) is 2. The van der Waals surface area contributed by atoms with Gasteiger partial charge in [0.15, 0.2) is 0 Å². The maximum atomic E-state index is 11.1. The number of amides is 1. The third-order valence-corrected chi connectivity index (χ3v) is 4.41. The van der Waals surface area contributed by atoms with Crippen LogP contribution in [0.1, 0.15) is 25.7 Å². The summed E-state index contributed by atoms with van der Waals surface area (Å²) in [7, 11) is 1.69. The predicted octanol–water partition coefficient (Wildman–Crippen LogP) is 3.45. The highest BCUT2D eigenvalue weighted by Gasteiger charge is 2.04. The van der Waals surface area contributed by atoms with E-state index in [0.717, 1.165) is 54.4 Å². The molecule has 0 heterocycles. The maximum Gasteiger partial charge on any atom is 0.243 e. The first-order valence-electron chi connectivity index (χ1n) is 9.65. The summed E-state index contributed by atoms with van der Waals surface area (Å²) in [4.78, 5) is 11.1. The molecule has 3 N–H and O–H groups in total. The topological polar surface area (TPSA) is 79.8 Å². The molecule has 0 saturated carbocycles. The van der Waals surface area contributed by atoms with E-state index in [1.807, 2.05) is 24.3 Å². The van der Waals surface area contributed by atoms with Crippen LogP contribution in [0.3, 0.4) is 0 Å². The molecule has 0 bridgehead atoms. The molecule has 6 nitrogen and oxygen atoms in total. The molecule has 2 rings (SSSR count). The highest BCUT2D eigenvalue weighted by Crippen LogP contribution is 2.25. The number of unbranched alkanes of at least 4 members (excludes halogenated alkanes) is 2. The minimum absolute atomic E-state index is 0.332. The molecule has 0 aliphatic heterocycles. The number of carbonyl (C=O) groups excluding carboxylic acids is 1. The Bertz CT molecular complexity index is 756. The first-order chi connectivity index (χ1) is 13.7. The van der Waals surface area contributed by atoms with Crippen molar-refractivity contribution in [2.45, 2.75) is 25.7 Å². The number of benzene rings is 2. The van der Waals surface area contributed by atoms with E-state index in [4.69, 9.17) is 14.7 Å². The fourth-order valence-corrected chi connectivity index (χ4v) is 2.89. The van der Waals surface area contributed by atoms with Crippen LogP contribution in [-0.2, 0) is 9.53 Å². The van der Waals surface area contributed by atoms with E-state index in [9.17, 15) is 4.79 Å². The SMILES string of the molecule is COCCNCC(=CCCCCC(=O)NO)COc1cccc2ccccc12. The lowest BCUT2D eigenvalue weighted by molar-refractivity contribution is -0.129. The number of carbonyl (C=O) groups is 1. The van der Waals surface area contributed by atoms with Gasteiger partial charge in [-0.3, -0.25) is 10.0 Å². The van der Waals surface area contributed by atoms with Crippen LogP contribution in [0.15, 0.2) is 54.1 Å². The van der Waals surface area contributed by atoms with Crippen molar-refractivity contribution in [1.29, 1.82) is 0 Å². The van der Waals surface area contributed by atoms with E-state index in [1.54, 1.807) is 12.6 Å². The quantitative estimate of drug-likeness (QED) is 0.213. The summed E-state index contributed by atoms with van der Waals surface area (Å²) >= 11 is 0. The molecule has 0 spiro atoms. The van der Waals surface area contributed by atoms with E-state index in [1.165, 1.54) is 0 Å². The number of methoxy groups -OCH3 is 1. The number of fused-ring (bicyclic) bond motifs is 1. The molecule has 0 fully saturated rings. The Morgan fingerprint density at radius 2 is 1.96 bits per heavy atom. The largest absolute Gasteiger partial charge is 0.489 e. The number of nitrogens with one attached hydrogen (secondary N) is 2. The van der Waals surface area contributed by atoms with Crippen LogP contribution in [0.2, 0.25) is 0 Å². The van der Waals surface area contributed by atoms with Gasteiger partial charge in [0.2, 0.25) is 5.91 Å². The molecule has 0 saturated heterocycles. The second-order valence-electron chi connectivity index (χ2n) is 6.58. The lowest BCUT2D eigenvalue weighted by atomic mass is 10.1. The van der Waals surface area contributed by atoms with Crippen molar-refractivity contribution in [2.75, 3.05) is 33.4 Å². The normalized spacial score (nSPS) is 11.6. The standard InChI is InChI=1S/C22H30N2O4/c1-27-15-14-23-16-18(8-3-2-4-13-22(25)24-26)17-28-21-12-7-10-19-9-5-6-11-20(19)21/h5-12,23,26H,2-4,13-17H2,1H3,(H,24,25). The van der Waals surface area contributed by atoms with Gasteiger partial charge >= 0.3 is 0 Å². The lowest BCUT2D eigenvalue weighted by Crippen LogP contribution is -2.24. The van der Waals surface area contributed by atoms with Gasteiger partial charge < -0.3 is 14.8 Å². The second-order valence-corrected chi connectivity index (χ2v) is 6.58. The zero-order valence-electron chi connectivity index (χ0n) is 16.4. The Kier molecular flexibility index (Phi) is 10.1. The average Bonchev–Trinajstić information content (AvgIpc) is 2.73. The Hall–Kier alpha value is -2.41. The zero-order valence-corrected chi connectivity index (χ0v) is 16.4. The molecular formula is C22H30N2O4. The van der Waals surface area contributed by atoms with Crippen molar-refractivity contribution in [3.8, 4) is 5.75 Å². The molecule has 0 aromatic heterocycles. The summed E-state index contributed by atoms with van der Waals surface area (Å²) in [6.45, 7) is 2.67. The van der Waals surface area contributed by atoms with E-state index >= 15 is 0 Å².